The lowest BCUT2D eigenvalue weighted by Gasteiger charge is -2.47. The topological polar surface area (TPSA) is 52.6 Å². The maximum absolute atomic E-state index is 11.1. The Morgan fingerprint density at radius 1 is 1.29 bits per heavy atom. The molecule has 0 aromatic rings. The Balaban J connectivity index is 2.09. The van der Waals surface area contributed by atoms with Crippen molar-refractivity contribution in [3.8, 4) is 0 Å². The van der Waals surface area contributed by atoms with Gasteiger partial charge in [-0.25, -0.2) is 0 Å². The molecule has 0 unspecified atom stereocenters. The molecular weight excluding hydrogens is 184 g/mol. The molecule has 0 bridgehead atoms. The van der Waals surface area contributed by atoms with Gasteiger partial charge in [0.15, 0.2) is 0 Å². The SMILES string of the molecule is CCC1(C2CC(=O)OC(=O)C2)COC1. The van der Waals surface area contributed by atoms with Crippen LogP contribution in [0.5, 0.6) is 0 Å². The molecule has 0 aliphatic carbocycles. The van der Waals surface area contributed by atoms with Crippen molar-refractivity contribution in [2.24, 2.45) is 11.3 Å². The number of hydrogen-bond donors (Lipinski definition) is 0. The van der Waals surface area contributed by atoms with E-state index in [1.165, 1.54) is 0 Å². The minimum absolute atomic E-state index is 0.0507. The number of cyclic esters (lactones) is 2. The van der Waals surface area contributed by atoms with Gasteiger partial charge < -0.3 is 9.47 Å². The largest absolute Gasteiger partial charge is 0.393 e. The van der Waals surface area contributed by atoms with Crippen LogP contribution in [0.2, 0.25) is 0 Å². The summed E-state index contributed by atoms with van der Waals surface area (Å²) in [7, 11) is 0. The summed E-state index contributed by atoms with van der Waals surface area (Å²) in [5.41, 5.74) is 0.0507. The maximum Gasteiger partial charge on any atom is 0.313 e. The molecule has 0 spiro atoms. The van der Waals surface area contributed by atoms with Crippen LogP contribution in [0.3, 0.4) is 0 Å². The van der Waals surface area contributed by atoms with Crippen molar-refractivity contribution in [2.75, 3.05) is 13.2 Å². The molecule has 78 valence electrons. The first-order chi connectivity index (χ1) is 6.66. The van der Waals surface area contributed by atoms with Gasteiger partial charge in [0.05, 0.1) is 26.1 Å². The van der Waals surface area contributed by atoms with Gasteiger partial charge in [-0.3, -0.25) is 9.59 Å². The number of esters is 2. The van der Waals surface area contributed by atoms with E-state index in [1.54, 1.807) is 0 Å². The molecule has 4 heteroatoms. The maximum atomic E-state index is 11.1. The van der Waals surface area contributed by atoms with E-state index in [4.69, 9.17) is 4.74 Å². The lowest BCUT2D eigenvalue weighted by molar-refractivity contribution is -0.185. The summed E-state index contributed by atoms with van der Waals surface area (Å²) < 4.78 is 9.70. The molecule has 0 N–H and O–H groups in total. The second-order valence-corrected chi connectivity index (χ2v) is 4.16. The lowest BCUT2D eigenvalue weighted by atomic mass is 9.68. The highest BCUT2D eigenvalue weighted by Gasteiger charge is 2.47. The quantitative estimate of drug-likeness (QED) is 0.488. The van der Waals surface area contributed by atoms with Crippen molar-refractivity contribution < 1.29 is 19.1 Å². The molecule has 0 radical (unpaired) electrons. The Hall–Kier alpha value is -0.900. The molecule has 0 amide bonds. The first kappa shape index (κ1) is 9.65. The Kier molecular flexibility index (Phi) is 2.31. The summed E-state index contributed by atoms with van der Waals surface area (Å²) >= 11 is 0. The van der Waals surface area contributed by atoms with Crippen molar-refractivity contribution in [3.05, 3.63) is 0 Å². The highest BCUT2D eigenvalue weighted by molar-refractivity contribution is 5.88. The van der Waals surface area contributed by atoms with Gasteiger partial charge in [0, 0.05) is 5.41 Å². The van der Waals surface area contributed by atoms with Gasteiger partial charge in [0.1, 0.15) is 0 Å². The highest BCUT2D eigenvalue weighted by atomic mass is 16.6. The molecule has 0 saturated carbocycles. The Morgan fingerprint density at radius 2 is 1.86 bits per heavy atom. The first-order valence-corrected chi connectivity index (χ1v) is 4.97. The molecule has 2 aliphatic rings. The molecule has 0 aromatic carbocycles. The van der Waals surface area contributed by atoms with Crippen LogP contribution < -0.4 is 0 Å². The zero-order valence-electron chi connectivity index (χ0n) is 8.25. The third kappa shape index (κ3) is 1.43. The number of carbonyl (C=O) groups is 2. The van der Waals surface area contributed by atoms with Crippen LogP contribution in [-0.2, 0) is 19.1 Å². The van der Waals surface area contributed by atoms with E-state index < -0.39 is 0 Å². The summed E-state index contributed by atoms with van der Waals surface area (Å²) in [6.07, 6.45) is 1.68. The highest BCUT2D eigenvalue weighted by Crippen LogP contribution is 2.44. The zero-order chi connectivity index (χ0) is 10.2. The van der Waals surface area contributed by atoms with Crippen LogP contribution in [-0.4, -0.2) is 25.2 Å². The molecule has 2 heterocycles. The Morgan fingerprint density at radius 3 is 2.21 bits per heavy atom. The smallest absolute Gasteiger partial charge is 0.313 e. The summed E-state index contributed by atoms with van der Waals surface area (Å²) in [6, 6.07) is 0. The molecule has 14 heavy (non-hydrogen) atoms. The predicted molar refractivity (Wildman–Crippen MR) is 47.4 cm³/mol. The fraction of sp³-hybridized carbons (Fsp3) is 0.800. The third-order valence-corrected chi connectivity index (χ3v) is 3.40. The zero-order valence-corrected chi connectivity index (χ0v) is 8.25. The van der Waals surface area contributed by atoms with Crippen LogP contribution in [0, 0.1) is 11.3 Å². The predicted octanol–water partition coefficient (Wildman–Crippen LogP) is 0.893. The summed E-state index contributed by atoms with van der Waals surface area (Å²) in [4.78, 5) is 22.2. The average Bonchev–Trinajstić information content (AvgIpc) is 2.01. The second-order valence-electron chi connectivity index (χ2n) is 4.16. The fourth-order valence-corrected chi connectivity index (χ4v) is 2.21. The molecule has 0 aromatic heterocycles. The van der Waals surface area contributed by atoms with Crippen LogP contribution in [0.15, 0.2) is 0 Å². The van der Waals surface area contributed by atoms with Crippen molar-refractivity contribution in [1.82, 2.24) is 0 Å². The van der Waals surface area contributed by atoms with E-state index in [0.717, 1.165) is 6.42 Å². The minimum atomic E-state index is -0.383. The molecular formula is C10H14O4. The van der Waals surface area contributed by atoms with Crippen LogP contribution in [0.4, 0.5) is 0 Å². The van der Waals surface area contributed by atoms with E-state index in [0.29, 0.717) is 26.1 Å². The van der Waals surface area contributed by atoms with Gasteiger partial charge in [0.2, 0.25) is 0 Å². The van der Waals surface area contributed by atoms with Crippen molar-refractivity contribution in [2.45, 2.75) is 26.2 Å². The van der Waals surface area contributed by atoms with E-state index in [9.17, 15) is 9.59 Å². The van der Waals surface area contributed by atoms with Crippen LogP contribution >= 0.6 is 0 Å². The van der Waals surface area contributed by atoms with Gasteiger partial charge >= 0.3 is 11.9 Å². The summed E-state index contributed by atoms with van der Waals surface area (Å²) in [5, 5.41) is 0. The summed E-state index contributed by atoms with van der Waals surface area (Å²) in [5.74, 6) is -0.646. The van der Waals surface area contributed by atoms with E-state index in [1.807, 2.05) is 0 Å². The van der Waals surface area contributed by atoms with Crippen molar-refractivity contribution in [3.63, 3.8) is 0 Å². The van der Waals surface area contributed by atoms with Crippen LogP contribution in [0.25, 0.3) is 0 Å². The van der Waals surface area contributed by atoms with Crippen LogP contribution in [0.1, 0.15) is 26.2 Å². The van der Waals surface area contributed by atoms with E-state index in [2.05, 4.69) is 11.7 Å². The standard InChI is InChI=1S/C10H14O4/c1-2-10(5-13-6-10)7-3-8(11)14-9(12)4-7/h7H,2-6H2,1H3. The molecule has 0 atom stereocenters. The number of ether oxygens (including phenoxy) is 2. The summed E-state index contributed by atoms with van der Waals surface area (Å²) in [6.45, 7) is 3.43. The van der Waals surface area contributed by atoms with Gasteiger partial charge in [0.25, 0.3) is 0 Å². The van der Waals surface area contributed by atoms with Crippen molar-refractivity contribution >= 4 is 11.9 Å². The third-order valence-electron chi connectivity index (χ3n) is 3.40. The molecule has 2 rings (SSSR count). The monoisotopic (exact) mass is 198 g/mol. The average molecular weight is 198 g/mol. The Bertz CT molecular complexity index is 246. The molecule has 4 nitrogen and oxygen atoms in total. The second kappa shape index (κ2) is 3.35. The van der Waals surface area contributed by atoms with Gasteiger partial charge in [-0.05, 0) is 12.3 Å². The van der Waals surface area contributed by atoms with Gasteiger partial charge in [-0.15, -0.1) is 0 Å². The number of carbonyl (C=O) groups excluding carboxylic acids is 2. The Labute approximate surface area is 82.6 Å². The lowest BCUT2D eigenvalue weighted by Crippen LogP contribution is -2.50. The number of hydrogen-bond acceptors (Lipinski definition) is 4. The minimum Gasteiger partial charge on any atom is -0.393 e. The number of rotatable bonds is 2. The fourth-order valence-electron chi connectivity index (χ4n) is 2.21. The molecule has 2 saturated heterocycles. The molecule has 2 fully saturated rings. The van der Waals surface area contributed by atoms with Gasteiger partial charge in [-0.2, -0.15) is 0 Å². The molecule has 2 aliphatic heterocycles. The van der Waals surface area contributed by atoms with E-state index in [-0.39, 0.29) is 23.3 Å². The normalized spacial score (nSPS) is 26.9. The van der Waals surface area contributed by atoms with E-state index >= 15 is 0 Å². The first-order valence-electron chi connectivity index (χ1n) is 4.97. The van der Waals surface area contributed by atoms with Gasteiger partial charge in [-0.1, -0.05) is 6.92 Å². The van der Waals surface area contributed by atoms with Crippen molar-refractivity contribution in [1.29, 1.82) is 0 Å².